The first-order valence-electron chi connectivity index (χ1n) is 8.63. The third kappa shape index (κ3) is 4.29. The molecule has 128 valence electrons. The second kappa shape index (κ2) is 6.97. The van der Waals surface area contributed by atoms with Gasteiger partial charge < -0.3 is 9.80 Å². The number of piperazine rings is 1. The van der Waals surface area contributed by atoms with Gasteiger partial charge in [-0.15, -0.1) is 0 Å². The average molecular weight is 320 g/mol. The standard InChI is InChI=1S/C16H28N6O/c1-16(2,11-20-5-3-4-6-20)12-21-7-9-22(10-8-21)15(23)14-17-13-18-19-14/h13H,3-12H2,1-2H3,(H,17,18,19). The number of hydrogen-bond acceptors (Lipinski definition) is 5. The van der Waals surface area contributed by atoms with Crippen LogP contribution in [0.3, 0.4) is 0 Å². The van der Waals surface area contributed by atoms with Crippen molar-refractivity contribution in [1.29, 1.82) is 0 Å². The molecule has 0 unspecified atom stereocenters. The SMILES string of the molecule is CC(C)(CN1CCCC1)CN1CCN(C(=O)c2ncn[nH]2)CC1. The minimum absolute atomic E-state index is 0.0431. The molecular formula is C16H28N6O. The van der Waals surface area contributed by atoms with Crippen LogP contribution < -0.4 is 0 Å². The molecule has 2 aliphatic heterocycles. The Morgan fingerprint density at radius 2 is 1.70 bits per heavy atom. The predicted molar refractivity (Wildman–Crippen MR) is 88.2 cm³/mol. The van der Waals surface area contributed by atoms with Crippen molar-refractivity contribution < 1.29 is 4.79 Å². The quantitative estimate of drug-likeness (QED) is 0.864. The number of likely N-dealkylation sites (tertiary alicyclic amines) is 1. The van der Waals surface area contributed by atoms with E-state index in [0.29, 0.717) is 11.2 Å². The fourth-order valence-corrected chi connectivity index (χ4v) is 3.77. The van der Waals surface area contributed by atoms with E-state index < -0.39 is 0 Å². The van der Waals surface area contributed by atoms with E-state index in [0.717, 1.165) is 32.7 Å². The van der Waals surface area contributed by atoms with Gasteiger partial charge in [0.2, 0.25) is 5.82 Å². The minimum atomic E-state index is -0.0431. The molecule has 3 rings (SSSR count). The van der Waals surface area contributed by atoms with Crippen molar-refractivity contribution in [2.24, 2.45) is 5.41 Å². The Balaban J connectivity index is 1.46. The molecule has 0 atom stereocenters. The Morgan fingerprint density at radius 3 is 2.26 bits per heavy atom. The van der Waals surface area contributed by atoms with Crippen molar-refractivity contribution in [2.45, 2.75) is 26.7 Å². The zero-order valence-electron chi connectivity index (χ0n) is 14.3. The maximum absolute atomic E-state index is 12.2. The van der Waals surface area contributed by atoms with E-state index in [9.17, 15) is 4.79 Å². The third-order valence-electron chi connectivity index (χ3n) is 4.78. The van der Waals surface area contributed by atoms with Crippen molar-refractivity contribution in [1.82, 2.24) is 29.9 Å². The Morgan fingerprint density at radius 1 is 1.09 bits per heavy atom. The van der Waals surface area contributed by atoms with E-state index in [1.807, 2.05) is 4.90 Å². The molecule has 0 saturated carbocycles. The van der Waals surface area contributed by atoms with Crippen molar-refractivity contribution in [3.8, 4) is 0 Å². The molecule has 0 aromatic carbocycles. The summed E-state index contributed by atoms with van der Waals surface area (Å²) in [5.74, 6) is 0.297. The lowest BCUT2D eigenvalue weighted by atomic mass is 9.91. The summed E-state index contributed by atoms with van der Waals surface area (Å²) < 4.78 is 0. The van der Waals surface area contributed by atoms with Crippen LogP contribution in [-0.4, -0.2) is 88.1 Å². The van der Waals surface area contributed by atoms with Crippen LogP contribution in [0.25, 0.3) is 0 Å². The average Bonchev–Trinajstić information content (AvgIpc) is 3.19. The lowest BCUT2D eigenvalue weighted by Gasteiger charge is -2.40. The Kier molecular flexibility index (Phi) is 4.96. The van der Waals surface area contributed by atoms with E-state index in [-0.39, 0.29) is 5.91 Å². The zero-order valence-corrected chi connectivity index (χ0v) is 14.3. The van der Waals surface area contributed by atoms with Gasteiger partial charge in [-0.05, 0) is 31.3 Å². The van der Waals surface area contributed by atoms with Crippen molar-refractivity contribution >= 4 is 5.91 Å². The van der Waals surface area contributed by atoms with Crippen molar-refractivity contribution in [3.05, 3.63) is 12.2 Å². The summed E-state index contributed by atoms with van der Waals surface area (Å²) in [4.78, 5) is 23.1. The number of H-pyrrole nitrogens is 1. The Hall–Kier alpha value is -1.47. The Labute approximate surface area is 138 Å². The summed E-state index contributed by atoms with van der Waals surface area (Å²) in [6.07, 6.45) is 4.07. The second-order valence-electron chi connectivity index (χ2n) is 7.55. The molecular weight excluding hydrogens is 292 g/mol. The van der Waals surface area contributed by atoms with Gasteiger partial charge >= 0.3 is 0 Å². The molecule has 1 N–H and O–H groups in total. The van der Waals surface area contributed by atoms with Gasteiger partial charge in [0.05, 0.1) is 0 Å². The largest absolute Gasteiger partial charge is 0.333 e. The fraction of sp³-hybridized carbons (Fsp3) is 0.812. The van der Waals surface area contributed by atoms with Gasteiger partial charge in [-0.1, -0.05) is 13.8 Å². The molecule has 0 bridgehead atoms. The molecule has 3 heterocycles. The highest BCUT2D eigenvalue weighted by Gasteiger charge is 2.29. The molecule has 1 aromatic rings. The van der Waals surface area contributed by atoms with Crippen LogP contribution in [0.15, 0.2) is 6.33 Å². The number of aromatic amines is 1. The molecule has 0 radical (unpaired) electrons. The number of amides is 1. The van der Waals surface area contributed by atoms with Crippen LogP contribution in [0.1, 0.15) is 37.3 Å². The second-order valence-corrected chi connectivity index (χ2v) is 7.55. The van der Waals surface area contributed by atoms with E-state index in [2.05, 4.69) is 38.8 Å². The third-order valence-corrected chi connectivity index (χ3v) is 4.78. The highest BCUT2D eigenvalue weighted by atomic mass is 16.2. The molecule has 7 heteroatoms. The molecule has 7 nitrogen and oxygen atoms in total. The summed E-state index contributed by atoms with van der Waals surface area (Å²) in [6, 6.07) is 0. The van der Waals surface area contributed by atoms with Gasteiger partial charge in [0.15, 0.2) is 0 Å². The van der Waals surface area contributed by atoms with Gasteiger partial charge in [-0.3, -0.25) is 14.8 Å². The zero-order chi connectivity index (χ0) is 16.3. The molecule has 2 saturated heterocycles. The number of carbonyl (C=O) groups is 1. The number of carbonyl (C=O) groups excluding carboxylic acids is 1. The lowest BCUT2D eigenvalue weighted by molar-refractivity contribution is 0.0539. The number of rotatable bonds is 5. The summed E-state index contributed by atoms with van der Waals surface area (Å²) in [5, 5.41) is 6.40. The van der Waals surface area contributed by atoms with E-state index in [4.69, 9.17) is 0 Å². The van der Waals surface area contributed by atoms with Gasteiger partial charge in [0.25, 0.3) is 5.91 Å². The first-order valence-corrected chi connectivity index (χ1v) is 8.63. The van der Waals surface area contributed by atoms with Crippen LogP contribution in [-0.2, 0) is 0 Å². The van der Waals surface area contributed by atoms with Gasteiger partial charge in [0.1, 0.15) is 6.33 Å². The first kappa shape index (κ1) is 16.4. The molecule has 23 heavy (non-hydrogen) atoms. The van der Waals surface area contributed by atoms with Crippen LogP contribution in [0.2, 0.25) is 0 Å². The monoisotopic (exact) mass is 320 g/mol. The van der Waals surface area contributed by atoms with Crippen LogP contribution in [0, 0.1) is 5.41 Å². The molecule has 0 aliphatic carbocycles. The van der Waals surface area contributed by atoms with Crippen LogP contribution >= 0.6 is 0 Å². The van der Waals surface area contributed by atoms with Gasteiger partial charge in [-0.2, -0.15) is 5.10 Å². The topological polar surface area (TPSA) is 68.4 Å². The molecule has 1 amide bonds. The number of hydrogen-bond donors (Lipinski definition) is 1. The lowest BCUT2D eigenvalue weighted by Crippen LogP contribution is -2.52. The number of nitrogens with zero attached hydrogens (tertiary/aromatic N) is 5. The maximum Gasteiger partial charge on any atom is 0.291 e. The fourth-order valence-electron chi connectivity index (χ4n) is 3.77. The van der Waals surface area contributed by atoms with Gasteiger partial charge in [0, 0.05) is 39.3 Å². The summed E-state index contributed by atoms with van der Waals surface area (Å²) >= 11 is 0. The number of nitrogens with one attached hydrogen (secondary N) is 1. The highest BCUT2D eigenvalue weighted by molar-refractivity contribution is 5.90. The first-order chi connectivity index (χ1) is 11.0. The van der Waals surface area contributed by atoms with Crippen molar-refractivity contribution in [2.75, 3.05) is 52.4 Å². The molecule has 2 aliphatic rings. The Bertz CT molecular complexity index is 501. The highest BCUT2D eigenvalue weighted by Crippen LogP contribution is 2.22. The summed E-state index contributed by atoms with van der Waals surface area (Å²) in [7, 11) is 0. The van der Waals surface area contributed by atoms with Crippen LogP contribution in [0.4, 0.5) is 0 Å². The van der Waals surface area contributed by atoms with E-state index >= 15 is 0 Å². The predicted octanol–water partition coefficient (Wildman–Crippen LogP) is 0.685. The normalized spacial score (nSPS) is 21.0. The molecule has 1 aromatic heterocycles. The number of aromatic nitrogens is 3. The van der Waals surface area contributed by atoms with E-state index in [1.54, 1.807) is 0 Å². The summed E-state index contributed by atoms with van der Waals surface area (Å²) in [5.41, 5.74) is 0.293. The minimum Gasteiger partial charge on any atom is -0.333 e. The van der Waals surface area contributed by atoms with Gasteiger partial charge in [-0.25, -0.2) is 4.98 Å². The smallest absolute Gasteiger partial charge is 0.291 e. The molecule has 0 spiro atoms. The van der Waals surface area contributed by atoms with Crippen molar-refractivity contribution in [3.63, 3.8) is 0 Å². The molecule has 2 fully saturated rings. The van der Waals surface area contributed by atoms with Crippen LogP contribution in [0.5, 0.6) is 0 Å². The van der Waals surface area contributed by atoms with E-state index in [1.165, 1.54) is 38.8 Å². The maximum atomic E-state index is 12.2. The summed E-state index contributed by atoms with van der Waals surface area (Å²) in [6.45, 7) is 12.9.